The Balaban J connectivity index is 1.65. The maximum absolute atomic E-state index is 11.6. The van der Waals surface area contributed by atoms with Crippen LogP contribution >= 0.6 is 0 Å². The lowest BCUT2D eigenvalue weighted by Gasteiger charge is -2.05. The molecule has 0 heterocycles. The molecule has 114 valence electrons. The summed E-state index contributed by atoms with van der Waals surface area (Å²) in [6, 6.07) is 16.6. The van der Waals surface area contributed by atoms with E-state index in [1.165, 1.54) is 6.21 Å². The molecule has 3 N–H and O–H groups in total. The highest BCUT2D eigenvalue weighted by Gasteiger charge is 2.00. The second-order valence-corrected chi connectivity index (χ2v) is 4.75. The molecule has 0 fully saturated rings. The van der Waals surface area contributed by atoms with E-state index in [4.69, 9.17) is 0 Å². The number of hydrogen-bond acceptors (Lipinski definition) is 4. The molecular formula is C17H19N3O2. The van der Waals surface area contributed by atoms with Crippen molar-refractivity contribution in [3.05, 3.63) is 60.2 Å². The van der Waals surface area contributed by atoms with E-state index in [2.05, 4.69) is 15.8 Å². The zero-order valence-electron chi connectivity index (χ0n) is 12.2. The average Bonchev–Trinajstić information content (AvgIpc) is 2.54. The molecule has 0 aliphatic rings. The van der Waals surface area contributed by atoms with E-state index < -0.39 is 0 Å². The smallest absolute Gasteiger partial charge is 0.240 e. The maximum Gasteiger partial charge on any atom is 0.240 e. The van der Waals surface area contributed by atoms with Gasteiger partial charge in [-0.25, -0.2) is 5.43 Å². The molecule has 5 nitrogen and oxygen atoms in total. The summed E-state index contributed by atoms with van der Waals surface area (Å²) in [5.41, 5.74) is 4.05. The Kier molecular flexibility index (Phi) is 5.99. The number of nitrogens with zero attached hydrogens (tertiary/aromatic N) is 1. The number of phenolic OH excluding ortho intramolecular Hbond substituents is 1. The van der Waals surface area contributed by atoms with Crippen molar-refractivity contribution >= 4 is 17.8 Å². The average molecular weight is 297 g/mol. The van der Waals surface area contributed by atoms with E-state index in [0.29, 0.717) is 18.4 Å². The minimum absolute atomic E-state index is 0.132. The topological polar surface area (TPSA) is 73.7 Å². The molecule has 5 heteroatoms. The quantitative estimate of drug-likeness (QED) is 0.418. The van der Waals surface area contributed by atoms with Gasteiger partial charge < -0.3 is 10.4 Å². The Morgan fingerprint density at radius 1 is 1.09 bits per heavy atom. The maximum atomic E-state index is 11.6. The van der Waals surface area contributed by atoms with Crippen molar-refractivity contribution < 1.29 is 9.90 Å². The van der Waals surface area contributed by atoms with Crippen molar-refractivity contribution in [3.63, 3.8) is 0 Å². The Labute approximate surface area is 129 Å². The minimum Gasteiger partial charge on any atom is -0.507 e. The largest absolute Gasteiger partial charge is 0.507 e. The van der Waals surface area contributed by atoms with Gasteiger partial charge in [0.25, 0.3) is 0 Å². The van der Waals surface area contributed by atoms with Crippen LogP contribution < -0.4 is 10.7 Å². The zero-order valence-corrected chi connectivity index (χ0v) is 12.2. The van der Waals surface area contributed by atoms with Crippen molar-refractivity contribution in [2.24, 2.45) is 5.10 Å². The molecule has 0 saturated heterocycles. The van der Waals surface area contributed by atoms with Crippen molar-refractivity contribution in [2.75, 3.05) is 11.9 Å². The highest BCUT2D eigenvalue weighted by atomic mass is 16.3. The van der Waals surface area contributed by atoms with Gasteiger partial charge in [-0.05, 0) is 30.7 Å². The molecule has 0 aliphatic carbocycles. The number of aromatic hydroxyl groups is 1. The van der Waals surface area contributed by atoms with Crippen LogP contribution in [0.4, 0.5) is 5.69 Å². The Morgan fingerprint density at radius 2 is 1.82 bits per heavy atom. The molecule has 0 radical (unpaired) electrons. The van der Waals surface area contributed by atoms with Gasteiger partial charge in [-0.15, -0.1) is 0 Å². The summed E-state index contributed by atoms with van der Waals surface area (Å²) in [6.07, 6.45) is 2.53. The lowest BCUT2D eigenvalue weighted by Crippen LogP contribution is -2.18. The predicted octanol–water partition coefficient (Wildman–Crippen LogP) is 2.73. The second-order valence-electron chi connectivity index (χ2n) is 4.75. The summed E-state index contributed by atoms with van der Waals surface area (Å²) in [5.74, 6) is -0.0194. The lowest BCUT2D eigenvalue weighted by molar-refractivity contribution is -0.121. The molecule has 2 rings (SSSR count). The number of benzene rings is 2. The second kappa shape index (κ2) is 8.46. The first kappa shape index (κ1) is 15.6. The van der Waals surface area contributed by atoms with Gasteiger partial charge in [0.2, 0.25) is 5.91 Å². The standard InChI is InChI=1S/C17H19N3O2/c21-16-10-5-4-7-14(16)13-19-20-17(22)11-6-12-18-15-8-2-1-3-9-15/h1-5,7-10,13,18,21H,6,11-12H2,(H,20,22)/b19-13-. The highest BCUT2D eigenvalue weighted by Crippen LogP contribution is 2.12. The fourth-order valence-electron chi connectivity index (χ4n) is 1.86. The number of carbonyl (C=O) groups excluding carboxylic acids is 1. The van der Waals surface area contributed by atoms with E-state index in [-0.39, 0.29) is 11.7 Å². The van der Waals surface area contributed by atoms with Gasteiger partial charge in [0.15, 0.2) is 0 Å². The van der Waals surface area contributed by atoms with E-state index in [9.17, 15) is 9.90 Å². The van der Waals surface area contributed by atoms with Crippen LogP contribution in [0.15, 0.2) is 59.7 Å². The van der Waals surface area contributed by atoms with Crippen molar-refractivity contribution in [2.45, 2.75) is 12.8 Å². The van der Waals surface area contributed by atoms with Crippen LogP contribution in [0.3, 0.4) is 0 Å². The molecule has 2 aromatic rings. The molecule has 22 heavy (non-hydrogen) atoms. The van der Waals surface area contributed by atoms with Crippen LogP contribution in [0, 0.1) is 0 Å². The van der Waals surface area contributed by atoms with E-state index >= 15 is 0 Å². The SMILES string of the molecule is O=C(CCCNc1ccccc1)N/N=C\c1ccccc1O. The van der Waals surface area contributed by atoms with Crippen molar-refractivity contribution in [1.29, 1.82) is 0 Å². The van der Waals surface area contributed by atoms with Gasteiger partial charge in [0.1, 0.15) is 5.75 Å². The van der Waals surface area contributed by atoms with Crippen LogP contribution in [0.25, 0.3) is 0 Å². The van der Waals surface area contributed by atoms with Gasteiger partial charge in [0.05, 0.1) is 6.21 Å². The number of carbonyl (C=O) groups is 1. The predicted molar refractivity (Wildman–Crippen MR) is 88.0 cm³/mol. The van der Waals surface area contributed by atoms with Crippen molar-refractivity contribution in [3.8, 4) is 5.75 Å². The molecule has 1 amide bonds. The number of phenols is 1. The summed E-state index contributed by atoms with van der Waals surface area (Å²) in [5, 5.41) is 16.6. The highest BCUT2D eigenvalue weighted by molar-refractivity contribution is 5.84. The molecule has 0 unspecified atom stereocenters. The normalized spacial score (nSPS) is 10.5. The Hall–Kier alpha value is -2.82. The van der Waals surface area contributed by atoms with Crippen molar-refractivity contribution in [1.82, 2.24) is 5.43 Å². The van der Waals surface area contributed by atoms with Crippen LogP contribution in [0.1, 0.15) is 18.4 Å². The first-order valence-corrected chi connectivity index (χ1v) is 7.14. The minimum atomic E-state index is -0.151. The molecule has 0 bridgehead atoms. The zero-order chi connectivity index (χ0) is 15.6. The van der Waals surface area contributed by atoms with Gasteiger partial charge in [-0.3, -0.25) is 4.79 Å². The summed E-state index contributed by atoms with van der Waals surface area (Å²) in [6.45, 7) is 0.723. The van der Waals surface area contributed by atoms with E-state index in [0.717, 1.165) is 12.2 Å². The van der Waals surface area contributed by atoms with E-state index in [1.54, 1.807) is 24.3 Å². The van der Waals surface area contributed by atoms with Crippen LogP contribution in [-0.2, 0) is 4.79 Å². The number of nitrogens with one attached hydrogen (secondary N) is 2. The molecular weight excluding hydrogens is 278 g/mol. The van der Waals surface area contributed by atoms with Gasteiger partial charge in [-0.1, -0.05) is 30.3 Å². The number of para-hydroxylation sites is 2. The van der Waals surface area contributed by atoms with E-state index in [1.807, 2.05) is 30.3 Å². The van der Waals surface area contributed by atoms with Gasteiger partial charge >= 0.3 is 0 Å². The summed E-state index contributed by atoms with van der Waals surface area (Å²) in [7, 11) is 0. The third-order valence-corrected chi connectivity index (χ3v) is 3.01. The number of hydrogen-bond donors (Lipinski definition) is 3. The summed E-state index contributed by atoms with van der Waals surface area (Å²) < 4.78 is 0. The number of rotatable bonds is 7. The summed E-state index contributed by atoms with van der Waals surface area (Å²) in [4.78, 5) is 11.6. The summed E-state index contributed by atoms with van der Waals surface area (Å²) >= 11 is 0. The molecule has 0 aliphatic heterocycles. The fraction of sp³-hybridized carbons (Fsp3) is 0.176. The number of hydrazone groups is 1. The van der Waals surface area contributed by atoms with Gasteiger partial charge in [0, 0.05) is 24.2 Å². The van der Waals surface area contributed by atoms with Crippen LogP contribution in [0.5, 0.6) is 5.75 Å². The number of anilines is 1. The van der Waals surface area contributed by atoms with Crippen LogP contribution in [0.2, 0.25) is 0 Å². The monoisotopic (exact) mass is 297 g/mol. The first-order valence-electron chi connectivity index (χ1n) is 7.14. The molecule has 0 atom stereocenters. The Morgan fingerprint density at radius 3 is 2.59 bits per heavy atom. The Bertz CT molecular complexity index is 627. The van der Waals surface area contributed by atoms with Crippen LogP contribution in [-0.4, -0.2) is 23.8 Å². The number of amides is 1. The molecule has 2 aromatic carbocycles. The lowest BCUT2D eigenvalue weighted by atomic mass is 10.2. The third-order valence-electron chi connectivity index (χ3n) is 3.01. The molecule has 0 spiro atoms. The van der Waals surface area contributed by atoms with Gasteiger partial charge in [-0.2, -0.15) is 5.10 Å². The molecule has 0 aromatic heterocycles. The molecule has 0 saturated carbocycles. The fourth-order valence-corrected chi connectivity index (χ4v) is 1.86. The first-order chi connectivity index (χ1) is 10.8. The third kappa shape index (κ3) is 5.28.